The normalized spacial score (nSPS) is 16.3. The lowest BCUT2D eigenvalue weighted by Gasteiger charge is -2.25. The van der Waals surface area contributed by atoms with Gasteiger partial charge < -0.3 is 14.8 Å². The Morgan fingerprint density at radius 1 is 1.00 bits per heavy atom. The minimum Gasteiger partial charge on any atom is -0.493 e. The van der Waals surface area contributed by atoms with Gasteiger partial charge in [-0.3, -0.25) is 0 Å². The number of benzene rings is 2. The summed E-state index contributed by atoms with van der Waals surface area (Å²) < 4.78 is 10.9. The van der Waals surface area contributed by atoms with Gasteiger partial charge in [0.2, 0.25) is 0 Å². The van der Waals surface area contributed by atoms with Crippen molar-refractivity contribution in [2.75, 3.05) is 21.3 Å². The quantitative estimate of drug-likeness (QED) is 0.759. The zero-order valence-electron chi connectivity index (χ0n) is 15.8. The standard InChI is InChI=1S/C22H29NO2/c1-5-16-6-8-17(9-7-16)19(23-2)15-22(12-13-22)18-10-11-20(24-3)21(14-18)25-4/h6-11,14,19,23H,5,12-13,15H2,1-4H3. The Hall–Kier alpha value is -2.00. The fraction of sp³-hybridized carbons (Fsp3) is 0.455. The lowest BCUT2D eigenvalue weighted by molar-refractivity contribution is 0.353. The Kier molecular flexibility index (Phi) is 5.33. The van der Waals surface area contributed by atoms with Gasteiger partial charge in [0.05, 0.1) is 14.2 Å². The third-order valence-electron chi connectivity index (χ3n) is 5.58. The molecule has 0 bridgehead atoms. The van der Waals surface area contributed by atoms with Gasteiger partial charge in [-0.05, 0) is 67.0 Å². The molecule has 1 atom stereocenters. The summed E-state index contributed by atoms with van der Waals surface area (Å²) in [7, 11) is 5.44. The first-order chi connectivity index (χ1) is 12.2. The molecule has 134 valence electrons. The second-order valence-electron chi connectivity index (χ2n) is 6.99. The molecular weight excluding hydrogens is 310 g/mol. The van der Waals surface area contributed by atoms with Crippen molar-refractivity contribution in [1.29, 1.82) is 0 Å². The van der Waals surface area contributed by atoms with E-state index < -0.39 is 0 Å². The summed E-state index contributed by atoms with van der Waals surface area (Å²) >= 11 is 0. The molecule has 0 aliphatic heterocycles. The Morgan fingerprint density at radius 3 is 2.20 bits per heavy atom. The lowest BCUT2D eigenvalue weighted by atomic mass is 9.86. The highest BCUT2D eigenvalue weighted by Gasteiger charge is 2.46. The lowest BCUT2D eigenvalue weighted by Crippen LogP contribution is -2.22. The molecule has 3 heteroatoms. The molecule has 0 amide bonds. The summed E-state index contributed by atoms with van der Waals surface area (Å²) in [5.74, 6) is 1.61. The van der Waals surface area contributed by atoms with Crippen molar-refractivity contribution in [3.8, 4) is 11.5 Å². The number of rotatable bonds is 8. The van der Waals surface area contributed by atoms with Gasteiger partial charge in [-0.2, -0.15) is 0 Å². The zero-order valence-corrected chi connectivity index (χ0v) is 15.8. The zero-order chi connectivity index (χ0) is 17.9. The molecule has 3 rings (SSSR count). The highest BCUT2D eigenvalue weighted by Crippen LogP contribution is 2.54. The van der Waals surface area contributed by atoms with Gasteiger partial charge in [0.25, 0.3) is 0 Å². The summed E-state index contributed by atoms with van der Waals surface area (Å²) in [5, 5.41) is 3.52. The van der Waals surface area contributed by atoms with Crippen LogP contribution in [0.4, 0.5) is 0 Å². The molecule has 0 saturated heterocycles. The van der Waals surface area contributed by atoms with Crippen LogP contribution in [0, 0.1) is 0 Å². The van der Waals surface area contributed by atoms with Gasteiger partial charge in [0.15, 0.2) is 11.5 Å². The molecule has 1 saturated carbocycles. The third-order valence-corrected chi connectivity index (χ3v) is 5.58. The molecule has 0 aromatic heterocycles. The van der Waals surface area contributed by atoms with Crippen molar-refractivity contribution in [2.45, 2.75) is 44.1 Å². The molecule has 0 heterocycles. The van der Waals surface area contributed by atoms with Crippen LogP contribution in [-0.4, -0.2) is 21.3 Å². The maximum Gasteiger partial charge on any atom is 0.161 e. The van der Waals surface area contributed by atoms with Crippen LogP contribution < -0.4 is 14.8 Å². The van der Waals surface area contributed by atoms with Crippen LogP contribution in [0.2, 0.25) is 0 Å². The molecule has 0 spiro atoms. The fourth-order valence-corrected chi connectivity index (χ4v) is 3.69. The Morgan fingerprint density at radius 2 is 1.68 bits per heavy atom. The van der Waals surface area contributed by atoms with Crippen molar-refractivity contribution in [1.82, 2.24) is 5.32 Å². The van der Waals surface area contributed by atoms with Crippen molar-refractivity contribution in [3.05, 3.63) is 59.2 Å². The Balaban J connectivity index is 1.82. The van der Waals surface area contributed by atoms with E-state index in [0.29, 0.717) is 6.04 Å². The van der Waals surface area contributed by atoms with E-state index in [0.717, 1.165) is 24.3 Å². The van der Waals surface area contributed by atoms with Crippen molar-refractivity contribution in [2.24, 2.45) is 0 Å². The molecule has 1 aliphatic carbocycles. The van der Waals surface area contributed by atoms with E-state index >= 15 is 0 Å². The first-order valence-electron chi connectivity index (χ1n) is 9.14. The molecule has 2 aromatic carbocycles. The molecule has 1 unspecified atom stereocenters. The second kappa shape index (κ2) is 7.49. The number of aryl methyl sites for hydroxylation is 1. The van der Waals surface area contributed by atoms with E-state index in [9.17, 15) is 0 Å². The number of ether oxygens (including phenoxy) is 2. The Labute approximate surface area is 151 Å². The van der Waals surface area contributed by atoms with Gasteiger partial charge in [-0.1, -0.05) is 37.3 Å². The van der Waals surface area contributed by atoms with E-state index in [4.69, 9.17) is 9.47 Å². The van der Waals surface area contributed by atoms with Crippen molar-refractivity contribution < 1.29 is 9.47 Å². The van der Waals surface area contributed by atoms with Crippen LogP contribution >= 0.6 is 0 Å². The fourth-order valence-electron chi connectivity index (χ4n) is 3.69. The summed E-state index contributed by atoms with van der Waals surface area (Å²) in [4.78, 5) is 0. The average Bonchev–Trinajstić information content (AvgIpc) is 3.46. The minimum atomic E-state index is 0.247. The largest absolute Gasteiger partial charge is 0.493 e. The highest BCUT2D eigenvalue weighted by molar-refractivity contribution is 5.47. The van der Waals surface area contributed by atoms with Crippen LogP contribution in [-0.2, 0) is 11.8 Å². The van der Waals surface area contributed by atoms with Crippen LogP contribution in [0.15, 0.2) is 42.5 Å². The van der Waals surface area contributed by atoms with Gasteiger partial charge in [-0.15, -0.1) is 0 Å². The van der Waals surface area contributed by atoms with Crippen LogP contribution in [0.3, 0.4) is 0 Å². The summed E-state index contributed by atoms with van der Waals surface area (Å²) in [6, 6.07) is 15.8. The van der Waals surface area contributed by atoms with Crippen LogP contribution in [0.5, 0.6) is 11.5 Å². The van der Waals surface area contributed by atoms with Crippen LogP contribution in [0.1, 0.15) is 48.9 Å². The van der Waals surface area contributed by atoms with Gasteiger partial charge >= 0.3 is 0 Å². The highest BCUT2D eigenvalue weighted by atomic mass is 16.5. The van der Waals surface area contributed by atoms with Gasteiger partial charge in [0, 0.05) is 6.04 Å². The SMILES string of the molecule is CCc1ccc(C(CC2(c3ccc(OC)c(OC)c3)CC2)NC)cc1. The smallest absolute Gasteiger partial charge is 0.161 e. The summed E-state index contributed by atoms with van der Waals surface area (Å²) in [6.45, 7) is 2.20. The molecular formula is C22H29NO2. The van der Waals surface area contributed by atoms with Crippen molar-refractivity contribution in [3.63, 3.8) is 0 Å². The Bertz CT molecular complexity index is 704. The number of hydrogen-bond donors (Lipinski definition) is 1. The molecule has 1 fully saturated rings. The molecule has 1 aliphatic rings. The predicted octanol–water partition coefficient (Wildman–Crippen LogP) is 4.65. The van der Waals surface area contributed by atoms with E-state index in [-0.39, 0.29) is 5.41 Å². The predicted molar refractivity (Wildman–Crippen MR) is 103 cm³/mol. The van der Waals surface area contributed by atoms with Crippen LogP contribution in [0.25, 0.3) is 0 Å². The number of methoxy groups -OCH3 is 2. The topological polar surface area (TPSA) is 30.5 Å². The maximum absolute atomic E-state index is 5.50. The van der Waals surface area contributed by atoms with E-state index in [1.807, 2.05) is 6.07 Å². The summed E-state index contributed by atoms with van der Waals surface area (Å²) in [5.41, 5.74) is 4.36. The van der Waals surface area contributed by atoms with Gasteiger partial charge in [-0.25, -0.2) is 0 Å². The summed E-state index contributed by atoms with van der Waals surface area (Å²) in [6.07, 6.45) is 4.64. The van der Waals surface area contributed by atoms with E-state index in [2.05, 4.69) is 55.7 Å². The van der Waals surface area contributed by atoms with Crippen molar-refractivity contribution >= 4 is 0 Å². The van der Waals surface area contributed by atoms with E-state index in [1.165, 1.54) is 29.5 Å². The van der Waals surface area contributed by atoms with E-state index in [1.54, 1.807) is 14.2 Å². The van der Waals surface area contributed by atoms with Gasteiger partial charge in [0.1, 0.15) is 0 Å². The number of nitrogens with one attached hydrogen (secondary N) is 1. The molecule has 0 radical (unpaired) electrons. The first kappa shape index (κ1) is 17.8. The monoisotopic (exact) mass is 339 g/mol. The maximum atomic E-state index is 5.50. The molecule has 1 N–H and O–H groups in total. The molecule has 25 heavy (non-hydrogen) atoms. The third kappa shape index (κ3) is 3.67. The second-order valence-corrected chi connectivity index (χ2v) is 6.99. The average molecular weight is 339 g/mol. The molecule has 2 aromatic rings. The minimum absolute atomic E-state index is 0.247. The first-order valence-corrected chi connectivity index (χ1v) is 9.14. The number of hydrogen-bond acceptors (Lipinski definition) is 3. The molecule has 3 nitrogen and oxygen atoms in total.